The van der Waals surface area contributed by atoms with E-state index in [0.29, 0.717) is 22.6 Å². The molecule has 1 saturated heterocycles. The summed E-state index contributed by atoms with van der Waals surface area (Å²) >= 11 is 0. The molecule has 1 aromatic heterocycles. The highest BCUT2D eigenvalue weighted by molar-refractivity contribution is 6.52. The van der Waals surface area contributed by atoms with Crippen molar-refractivity contribution in [1.29, 1.82) is 0 Å². The van der Waals surface area contributed by atoms with Crippen LogP contribution in [0.1, 0.15) is 17.2 Å². The number of anilines is 1. The van der Waals surface area contributed by atoms with Crippen LogP contribution in [0.15, 0.2) is 96.8 Å². The molecule has 0 spiro atoms. The Kier molecular flexibility index (Phi) is 5.11. The van der Waals surface area contributed by atoms with Crippen molar-refractivity contribution >= 4 is 33.9 Å². The quantitative estimate of drug-likeness (QED) is 0.281. The Bertz CT molecular complexity index is 1410. The van der Waals surface area contributed by atoms with E-state index >= 15 is 0 Å². The number of Topliss-reactive ketones (excluding diaryl/α,β-unsaturated/α-hetero) is 1. The number of aliphatic hydroxyl groups excluding tert-OH is 1. The number of hydrogen-bond donors (Lipinski definition) is 1. The van der Waals surface area contributed by atoms with Crippen molar-refractivity contribution in [2.24, 2.45) is 0 Å². The Labute approximate surface area is 190 Å². The number of rotatable bonds is 4. The number of amides is 1. The van der Waals surface area contributed by atoms with Crippen LogP contribution in [0.5, 0.6) is 5.75 Å². The molecular weight excluding hydrogens is 416 g/mol. The zero-order chi connectivity index (χ0) is 22.9. The Morgan fingerprint density at radius 2 is 1.70 bits per heavy atom. The second kappa shape index (κ2) is 8.24. The van der Waals surface area contributed by atoms with Gasteiger partial charge in [-0.25, -0.2) is 0 Å². The molecule has 0 aliphatic carbocycles. The third-order valence-corrected chi connectivity index (χ3v) is 5.83. The van der Waals surface area contributed by atoms with Gasteiger partial charge in [0, 0.05) is 18.0 Å². The summed E-state index contributed by atoms with van der Waals surface area (Å²) in [6.45, 7) is 0. The van der Waals surface area contributed by atoms with Gasteiger partial charge in [0.25, 0.3) is 11.7 Å². The summed E-state index contributed by atoms with van der Waals surface area (Å²) in [5.74, 6) is -1.29. The monoisotopic (exact) mass is 436 g/mol. The van der Waals surface area contributed by atoms with Crippen LogP contribution in [-0.2, 0) is 9.59 Å². The normalized spacial score (nSPS) is 17.5. The van der Waals surface area contributed by atoms with Gasteiger partial charge in [-0.1, -0.05) is 60.7 Å². The average Bonchev–Trinajstić information content (AvgIpc) is 3.14. The summed E-state index contributed by atoms with van der Waals surface area (Å²) in [4.78, 5) is 32.2. The molecule has 3 aromatic carbocycles. The number of ketones is 1. The Hall–Kier alpha value is -4.45. The first kappa shape index (κ1) is 20.5. The van der Waals surface area contributed by atoms with Crippen LogP contribution in [0, 0.1) is 0 Å². The number of fused-ring (bicyclic) bond motifs is 1. The molecule has 0 radical (unpaired) electrons. The number of benzene rings is 3. The maximum atomic E-state index is 13.4. The predicted octanol–water partition coefficient (Wildman–Crippen LogP) is 4.87. The molecule has 1 N–H and O–H groups in total. The molecule has 33 heavy (non-hydrogen) atoms. The highest BCUT2D eigenvalue weighted by Crippen LogP contribution is 2.45. The van der Waals surface area contributed by atoms with Crippen molar-refractivity contribution < 1.29 is 19.4 Å². The van der Waals surface area contributed by atoms with Crippen LogP contribution in [0.3, 0.4) is 0 Å². The minimum Gasteiger partial charge on any atom is -0.507 e. The van der Waals surface area contributed by atoms with Crippen LogP contribution in [-0.4, -0.2) is 28.9 Å². The van der Waals surface area contributed by atoms with E-state index < -0.39 is 17.7 Å². The zero-order valence-electron chi connectivity index (χ0n) is 17.8. The molecule has 1 aliphatic rings. The molecule has 4 aromatic rings. The first-order valence-electron chi connectivity index (χ1n) is 10.4. The molecule has 1 amide bonds. The summed E-state index contributed by atoms with van der Waals surface area (Å²) in [7, 11) is 1.50. The number of ether oxygens (including phenoxy) is 1. The molecule has 1 atom stereocenters. The Balaban J connectivity index is 1.79. The summed E-state index contributed by atoms with van der Waals surface area (Å²) < 4.78 is 5.46. The maximum Gasteiger partial charge on any atom is 0.300 e. The largest absolute Gasteiger partial charge is 0.507 e. The molecule has 6 heteroatoms. The van der Waals surface area contributed by atoms with Crippen molar-refractivity contribution in [3.63, 3.8) is 0 Å². The number of hydrogen-bond acceptors (Lipinski definition) is 5. The summed E-state index contributed by atoms with van der Waals surface area (Å²) in [6.07, 6.45) is 3.21. The van der Waals surface area contributed by atoms with E-state index in [4.69, 9.17) is 4.74 Å². The van der Waals surface area contributed by atoms with Gasteiger partial charge in [0.05, 0.1) is 24.4 Å². The third-order valence-electron chi connectivity index (χ3n) is 5.83. The van der Waals surface area contributed by atoms with Gasteiger partial charge >= 0.3 is 0 Å². The zero-order valence-corrected chi connectivity index (χ0v) is 17.8. The second-order valence-corrected chi connectivity index (χ2v) is 7.65. The van der Waals surface area contributed by atoms with Gasteiger partial charge in [-0.2, -0.15) is 0 Å². The summed E-state index contributed by atoms with van der Waals surface area (Å²) in [6, 6.07) is 22.7. The van der Waals surface area contributed by atoms with Crippen molar-refractivity contribution in [3.8, 4) is 5.75 Å². The minimum absolute atomic E-state index is 0.00950. The van der Waals surface area contributed by atoms with Gasteiger partial charge in [-0.3, -0.25) is 19.5 Å². The van der Waals surface area contributed by atoms with Gasteiger partial charge in [-0.05, 0) is 34.5 Å². The van der Waals surface area contributed by atoms with E-state index in [0.717, 1.165) is 10.8 Å². The minimum atomic E-state index is -0.867. The highest BCUT2D eigenvalue weighted by atomic mass is 16.5. The fourth-order valence-electron chi connectivity index (χ4n) is 4.34. The standard InChI is InChI=1S/C27H20N2O4/c1-33-22-14-5-4-13-21(22)29-24(18-10-7-15-28-16-18)23(26(31)27(29)32)25(30)20-12-6-9-17-8-2-3-11-19(17)20/h2-16,24,30H,1H3/b25-23-. The van der Waals surface area contributed by atoms with Crippen molar-refractivity contribution in [3.05, 3.63) is 108 Å². The highest BCUT2D eigenvalue weighted by Gasteiger charge is 2.48. The van der Waals surface area contributed by atoms with Gasteiger partial charge in [0.2, 0.25) is 0 Å². The molecule has 1 aliphatic heterocycles. The number of para-hydroxylation sites is 2. The van der Waals surface area contributed by atoms with Gasteiger partial charge in [-0.15, -0.1) is 0 Å². The van der Waals surface area contributed by atoms with Crippen molar-refractivity contribution in [2.75, 3.05) is 12.0 Å². The summed E-state index contributed by atoms with van der Waals surface area (Å²) in [5.41, 5.74) is 1.53. The Morgan fingerprint density at radius 3 is 2.48 bits per heavy atom. The van der Waals surface area contributed by atoms with E-state index in [1.165, 1.54) is 12.0 Å². The predicted molar refractivity (Wildman–Crippen MR) is 126 cm³/mol. The number of aromatic nitrogens is 1. The molecule has 6 nitrogen and oxygen atoms in total. The lowest BCUT2D eigenvalue weighted by atomic mass is 9.94. The fraction of sp³-hybridized carbons (Fsp3) is 0.0741. The Morgan fingerprint density at radius 1 is 0.939 bits per heavy atom. The van der Waals surface area contributed by atoms with E-state index in [1.807, 2.05) is 36.4 Å². The smallest absolute Gasteiger partial charge is 0.300 e. The first-order valence-corrected chi connectivity index (χ1v) is 10.4. The van der Waals surface area contributed by atoms with E-state index in [9.17, 15) is 14.7 Å². The number of carbonyl (C=O) groups excluding carboxylic acids is 2. The van der Waals surface area contributed by atoms with Crippen LogP contribution in [0.4, 0.5) is 5.69 Å². The van der Waals surface area contributed by atoms with E-state index in [2.05, 4.69) is 4.98 Å². The molecule has 5 rings (SSSR count). The lowest BCUT2D eigenvalue weighted by Crippen LogP contribution is -2.29. The fourth-order valence-corrected chi connectivity index (χ4v) is 4.34. The van der Waals surface area contributed by atoms with Crippen LogP contribution in [0.25, 0.3) is 16.5 Å². The van der Waals surface area contributed by atoms with Crippen LogP contribution in [0.2, 0.25) is 0 Å². The number of nitrogens with zero attached hydrogens (tertiary/aromatic N) is 2. The number of aliphatic hydroxyl groups is 1. The second-order valence-electron chi connectivity index (χ2n) is 7.65. The van der Waals surface area contributed by atoms with E-state index in [1.54, 1.807) is 54.9 Å². The number of methoxy groups -OCH3 is 1. The number of carbonyl (C=O) groups is 2. The van der Waals surface area contributed by atoms with Gasteiger partial charge < -0.3 is 9.84 Å². The molecule has 1 fully saturated rings. The van der Waals surface area contributed by atoms with Crippen LogP contribution < -0.4 is 9.64 Å². The molecule has 162 valence electrons. The van der Waals surface area contributed by atoms with Crippen LogP contribution >= 0.6 is 0 Å². The van der Waals surface area contributed by atoms with Gasteiger partial charge in [0.15, 0.2) is 0 Å². The van der Waals surface area contributed by atoms with E-state index in [-0.39, 0.29) is 11.3 Å². The SMILES string of the molecule is COc1ccccc1N1C(=O)C(=O)/C(=C(\O)c2cccc3ccccc23)C1c1cccnc1. The first-order chi connectivity index (χ1) is 16.1. The van der Waals surface area contributed by atoms with Crippen molar-refractivity contribution in [2.45, 2.75) is 6.04 Å². The molecule has 1 unspecified atom stereocenters. The molecule has 2 heterocycles. The third kappa shape index (κ3) is 3.32. The summed E-state index contributed by atoms with van der Waals surface area (Å²) in [5, 5.41) is 13.2. The lowest BCUT2D eigenvalue weighted by Gasteiger charge is -2.26. The average molecular weight is 436 g/mol. The molecular formula is C27H20N2O4. The van der Waals surface area contributed by atoms with Crippen molar-refractivity contribution in [1.82, 2.24) is 4.98 Å². The van der Waals surface area contributed by atoms with Gasteiger partial charge in [0.1, 0.15) is 11.5 Å². The molecule has 0 bridgehead atoms. The molecule has 0 saturated carbocycles. The number of pyridine rings is 1. The topological polar surface area (TPSA) is 79.7 Å². The maximum absolute atomic E-state index is 13.4. The lowest BCUT2D eigenvalue weighted by molar-refractivity contribution is -0.132.